The number of benzene rings is 1. The molecule has 156 valence electrons. The Labute approximate surface area is 167 Å². The maximum absolute atomic E-state index is 12.6. The standard InChI is InChI=1S/C17H20N4O7S/c1-17(11-19-10-15(21(22)23)18-16(19)28-17)12-27-13-2-4-14(5-3-13)29(24,25)20-6-8-26-9-7-20/h2-5,10H,6-9,11-12H2,1H3/t17-/m1/s1. The molecule has 2 aromatic rings. The summed E-state index contributed by atoms with van der Waals surface area (Å²) in [7, 11) is -3.55. The highest BCUT2D eigenvalue weighted by Gasteiger charge is 2.41. The van der Waals surface area contributed by atoms with Gasteiger partial charge in [-0.1, -0.05) is 0 Å². The van der Waals surface area contributed by atoms with E-state index in [1.54, 1.807) is 16.7 Å². The van der Waals surface area contributed by atoms with E-state index in [1.807, 2.05) is 6.92 Å². The number of aromatic nitrogens is 2. The molecule has 0 unspecified atom stereocenters. The van der Waals surface area contributed by atoms with Gasteiger partial charge in [0.05, 0.1) is 24.7 Å². The summed E-state index contributed by atoms with van der Waals surface area (Å²) in [6.45, 7) is 3.78. The van der Waals surface area contributed by atoms with E-state index in [4.69, 9.17) is 14.2 Å². The van der Waals surface area contributed by atoms with Crippen molar-refractivity contribution in [3.63, 3.8) is 0 Å². The van der Waals surface area contributed by atoms with Gasteiger partial charge in [0.15, 0.2) is 5.60 Å². The lowest BCUT2D eigenvalue weighted by Crippen LogP contribution is -2.40. The molecule has 0 amide bonds. The molecule has 1 saturated heterocycles. The molecule has 11 nitrogen and oxygen atoms in total. The van der Waals surface area contributed by atoms with Gasteiger partial charge in [-0.3, -0.25) is 4.57 Å². The number of sulfonamides is 1. The van der Waals surface area contributed by atoms with Crippen molar-refractivity contribution in [1.82, 2.24) is 13.9 Å². The lowest BCUT2D eigenvalue weighted by atomic mass is 10.1. The van der Waals surface area contributed by atoms with Crippen LogP contribution in [0.3, 0.4) is 0 Å². The quantitative estimate of drug-likeness (QED) is 0.497. The number of hydrogen-bond donors (Lipinski definition) is 0. The first-order valence-corrected chi connectivity index (χ1v) is 10.4. The minimum Gasteiger partial charge on any atom is -0.489 e. The van der Waals surface area contributed by atoms with Crippen LogP contribution in [0.15, 0.2) is 35.4 Å². The van der Waals surface area contributed by atoms with Crippen LogP contribution in [0, 0.1) is 10.1 Å². The van der Waals surface area contributed by atoms with E-state index < -0.39 is 20.5 Å². The Balaban J connectivity index is 1.38. The zero-order chi connectivity index (χ0) is 20.6. The summed E-state index contributed by atoms with van der Waals surface area (Å²) >= 11 is 0. The summed E-state index contributed by atoms with van der Waals surface area (Å²) < 4.78 is 44.9. The first kappa shape index (κ1) is 19.6. The number of rotatable bonds is 6. The van der Waals surface area contributed by atoms with Crippen LogP contribution in [0.2, 0.25) is 0 Å². The zero-order valence-corrected chi connectivity index (χ0v) is 16.5. The van der Waals surface area contributed by atoms with Gasteiger partial charge in [0.2, 0.25) is 10.0 Å². The van der Waals surface area contributed by atoms with E-state index in [0.717, 1.165) is 0 Å². The van der Waals surface area contributed by atoms with E-state index in [0.29, 0.717) is 38.6 Å². The monoisotopic (exact) mass is 424 g/mol. The van der Waals surface area contributed by atoms with Crippen LogP contribution in [-0.2, 0) is 21.3 Å². The van der Waals surface area contributed by atoms with Gasteiger partial charge in [-0.2, -0.15) is 4.31 Å². The van der Waals surface area contributed by atoms with E-state index in [2.05, 4.69) is 4.98 Å². The van der Waals surface area contributed by atoms with E-state index in [-0.39, 0.29) is 23.3 Å². The highest BCUT2D eigenvalue weighted by atomic mass is 32.2. The molecule has 0 bridgehead atoms. The largest absolute Gasteiger partial charge is 0.489 e. The summed E-state index contributed by atoms with van der Waals surface area (Å²) in [4.78, 5) is 14.2. The fourth-order valence-electron chi connectivity index (χ4n) is 3.24. The molecule has 0 saturated carbocycles. The minimum absolute atomic E-state index is 0.166. The maximum atomic E-state index is 12.6. The Kier molecular flexibility index (Phi) is 4.92. The Hall–Kier alpha value is -2.70. The lowest BCUT2D eigenvalue weighted by Gasteiger charge is -2.26. The van der Waals surface area contributed by atoms with Crippen molar-refractivity contribution in [1.29, 1.82) is 0 Å². The summed E-state index contributed by atoms with van der Waals surface area (Å²) in [5.74, 6) is 0.228. The molecule has 0 spiro atoms. The number of ether oxygens (including phenoxy) is 3. The molecule has 1 aromatic carbocycles. The average molecular weight is 424 g/mol. The molecule has 2 aliphatic rings. The average Bonchev–Trinajstić information content (AvgIpc) is 3.23. The summed E-state index contributed by atoms with van der Waals surface area (Å²) in [6.07, 6.45) is 1.33. The van der Waals surface area contributed by atoms with Crippen molar-refractivity contribution in [3.05, 3.63) is 40.6 Å². The van der Waals surface area contributed by atoms with Gasteiger partial charge in [-0.05, 0) is 36.1 Å². The van der Waals surface area contributed by atoms with Gasteiger partial charge in [0, 0.05) is 18.1 Å². The summed E-state index contributed by atoms with van der Waals surface area (Å²) in [5, 5.41) is 10.8. The minimum atomic E-state index is -3.55. The summed E-state index contributed by atoms with van der Waals surface area (Å²) in [6, 6.07) is 6.37. The molecular weight excluding hydrogens is 404 g/mol. The van der Waals surface area contributed by atoms with Crippen molar-refractivity contribution >= 4 is 15.8 Å². The number of hydrogen-bond acceptors (Lipinski definition) is 8. The van der Waals surface area contributed by atoms with Crippen LogP contribution < -0.4 is 9.47 Å². The van der Waals surface area contributed by atoms with Crippen molar-refractivity contribution < 1.29 is 27.6 Å². The Bertz CT molecular complexity index is 989. The summed E-state index contributed by atoms with van der Waals surface area (Å²) in [5.41, 5.74) is -0.740. The van der Waals surface area contributed by atoms with Gasteiger partial charge >= 0.3 is 11.8 Å². The Morgan fingerprint density at radius 1 is 1.28 bits per heavy atom. The number of imidazole rings is 1. The molecule has 3 heterocycles. The second-order valence-corrected chi connectivity index (χ2v) is 9.03. The van der Waals surface area contributed by atoms with Crippen LogP contribution in [-0.4, -0.2) is 65.7 Å². The topological polar surface area (TPSA) is 126 Å². The van der Waals surface area contributed by atoms with Crippen LogP contribution in [0.5, 0.6) is 11.8 Å². The van der Waals surface area contributed by atoms with Gasteiger partial charge in [0.25, 0.3) is 0 Å². The number of morpholine rings is 1. The Morgan fingerprint density at radius 3 is 2.59 bits per heavy atom. The van der Waals surface area contributed by atoms with Crippen LogP contribution in [0.25, 0.3) is 0 Å². The number of fused-ring (bicyclic) bond motifs is 1. The molecule has 0 aliphatic carbocycles. The predicted octanol–water partition coefficient (Wildman–Crippen LogP) is 1.04. The van der Waals surface area contributed by atoms with Gasteiger partial charge in [0.1, 0.15) is 18.6 Å². The third-order valence-corrected chi connectivity index (χ3v) is 6.65. The van der Waals surface area contributed by atoms with Crippen LogP contribution >= 0.6 is 0 Å². The van der Waals surface area contributed by atoms with Crippen LogP contribution in [0.4, 0.5) is 5.82 Å². The molecule has 12 heteroatoms. The zero-order valence-electron chi connectivity index (χ0n) is 15.7. The molecule has 2 aliphatic heterocycles. The second kappa shape index (κ2) is 7.28. The van der Waals surface area contributed by atoms with Crippen LogP contribution in [0.1, 0.15) is 6.92 Å². The Morgan fingerprint density at radius 2 is 1.97 bits per heavy atom. The molecule has 29 heavy (non-hydrogen) atoms. The second-order valence-electron chi connectivity index (χ2n) is 7.10. The van der Waals surface area contributed by atoms with Gasteiger partial charge < -0.3 is 24.3 Å². The smallest absolute Gasteiger partial charge is 0.415 e. The van der Waals surface area contributed by atoms with Crippen molar-refractivity contribution in [2.24, 2.45) is 0 Å². The molecule has 1 aromatic heterocycles. The highest BCUT2D eigenvalue weighted by Crippen LogP contribution is 2.31. The maximum Gasteiger partial charge on any atom is 0.415 e. The molecule has 0 radical (unpaired) electrons. The fourth-order valence-corrected chi connectivity index (χ4v) is 4.64. The third-order valence-electron chi connectivity index (χ3n) is 4.73. The third kappa shape index (κ3) is 3.91. The van der Waals surface area contributed by atoms with Gasteiger partial charge in [-0.25, -0.2) is 8.42 Å². The SMILES string of the molecule is C[C@]1(COc2ccc(S(=O)(=O)N3CCOCC3)cc2)Cn2cc([N+](=O)[O-])nc2O1. The number of nitrogens with zero attached hydrogens (tertiary/aromatic N) is 4. The predicted molar refractivity (Wildman–Crippen MR) is 99.4 cm³/mol. The van der Waals surface area contributed by atoms with E-state index in [9.17, 15) is 18.5 Å². The fraction of sp³-hybridized carbons (Fsp3) is 0.471. The first-order chi connectivity index (χ1) is 13.8. The van der Waals surface area contributed by atoms with Gasteiger partial charge in [-0.15, -0.1) is 0 Å². The van der Waals surface area contributed by atoms with E-state index in [1.165, 1.54) is 22.6 Å². The molecule has 1 atom stereocenters. The molecule has 0 N–H and O–H groups in total. The van der Waals surface area contributed by atoms with E-state index >= 15 is 0 Å². The lowest BCUT2D eigenvalue weighted by molar-refractivity contribution is -0.389. The molecular formula is C17H20N4O7S. The normalized spacial score (nSPS) is 22.1. The number of nitro groups is 1. The van der Waals surface area contributed by atoms with Crippen molar-refractivity contribution in [2.75, 3.05) is 32.9 Å². The van der Waals surface area contributed by atoms with Crippen molar-refractivity contribution in [3.8, 4) is 11.8 Å². The molecule has 1 fully saturated rings. The first-order valence-electron chi connectivity index (χ1n) is 8.98. The van der Waals surface area contributed by atoms with Crippen molar-refractivity contribution in [2.45, 2.75) is 24.0 Å². The molecule has 4 rings (SSSR count). The highest BCUT2D eigenvalue weighted by molar-refractivity contribution is 7.89.